The zero-order valence-corrected chi connectivity index (χ0v) is 15.4. The van der Waals surface area contributed by atoms with Crippen molar-refractivity contribution in [3.8, 4) is 5.88 Å². The van der Waals surface area contributed by atoms with E-state index in [9.17, 15) is 4.79 Å². The van der Waals surface area contributed by atoms with Gasteiger partial charge < -0.3 is 14.4 Å². The lowest BCUT2D eigenvalue weighted by molar-refractivity contribution is 0.0546. The molecule has 1 fully saturated rings. The molecule has 1 aliphatic rings. The molecule has 3 rings (SSSR count). The molecule has 0 aromatic carbocycles. The minimum absolute atomic E-state index is 0.111. The summed E-state index contributed by atoms with van der Waals surface area (Å²) in [7, 11) is 1.77. The molecule has 0 bridgehead atoms. The summed E-state index contributed by atoms with van der Waals surface area (Å²) in [5.41, 5.74) is 1.29. The fourth-order valence-corrected chi connectivity index (χ4v) is 3.10. The van der Waals surface area contributed by atoms with Crippen LogP contribution in [0, 0.1) is 6.92 Å². The van der Waals surface area contributed by atoms with Crippen molar-refractivity contribution in [1.29, 1.82) is 0 Å². The number of nitrogens with zero attached hydrogens (tertiary/aromatic N) is 4. The van der Waals surface area contributed by atoms with Gasteiger partial charge in [0.1, 0.15) is 17.7 Å². The van der Waals surface area contributed by atoms with Crippen LogP contribution in [0.2, 0.25) is 0 Å². The highest BCUT2D eigenvalue weighted by atomic mass is 16.5. The SMILES string of the molecule is CCCOc1nc(C)ccc1C(=O)N(C)C[C@H]1OCC[C@H]1c1ncn[nH]1. The van der Waals surface area contributed by atoms with Crippen LogP contribution in [-0.2, 0) is 4.74 Å². The highest BCUT2D eigenvalue weighted by Gasteiger charge is 2.34. The number of H-pyrrole nitrogens is 1. The summed E-state index contributed by atoms with van der Waals surface area (Å²) in [6, 6.07) is 3.60. The van der Waals surface area contributed by atoms with E-state index in [2.05, 4.69) is 20.2 Å². The molecule has 0 radical (unpaired) electrons. The zero-order chi connectivity index (χ0) is 18.5. The van der Waals surface area contributed by atoms with Gasteiger partial charge in [0.15, 0.2) is 0 Å². The fraction of sp³-hybridized carbons (Fsp3) is 0.556. The molecule has 2 aromatic rings. The van der Waals surface area contributed by atoms with Crippen LogP contribution in [0.1, 0.15) is 47.6 Å². The molecule has 2 aromatic heterocycles. The molecule has 1 N–H and O–H groups in total. The van der Waals surface area contributed by atoms with Crippen molar-refractivity contribution in [3.63, 3.8) is 0 Å². The number of carbonyl (C=O) groups is 1. The van der Waals surface area contributed by atoms with Crippen LogP contribution in [-0.4, -0.2) is 63.9 Å². The number of hydrogen-bond donors (Lipinski definition) is 1. The van der Waals surface area contributed by atoms with E-state index in [4.69, 9.17) is 9.47 Å². The Hall–Kier alpha value is -2.48. The Labute approximate surface area is 152 Å². The number of aromatic amines is 1. The molecule has 8 heteroatoms. The Balaban J connectivity index is 1.71. The molecule has 2 atom stereocenters. The predicted octanol–water partition coefficient (Wildman–Crippen LogP) is 1.94. The first-order valence-corrected chi connectivity index (χ1v) is 8.93. The smallest absolute Gasteiger partial charge is 0.259 e. The van der Waals surface area contributed by atoms with Crippen molar-refractivity contribution in [2.24, 2.45) is 0 Å². The van der Waals surface area contributed by atoms with Crippen molar-refractivity contribution in [3.05, 3.63) is 35.5 Å². The molecular weight excluding hydrogens is 334 g/mol. The van der Waals surface area contributed by atoms with Gasteiger partial charge in [0.25, 0.3) is 5.91 Å². The Bertz CT molecular complexity index is 734. The Kier molecular flexibility index (Phi) is 5.82. The number of pyridine rings is 1. The van der Waals surface area contributed by atoms with Crippen LogP contribution >= 0.6 is 0 Å². The lowest BCUT2D eigenvalue weighted by Crippen LogP contribution is -2.36. The van der Waals surface area contributed by atoms with Gasteiger partial charge in [-0.1, -0.05) is 6.92 Å². The van der Waals surface area contributed by atoms with E-state index in [1.807, 2.05) is 19.9 Å². The summed E-state index contributed by atoms with van der Waals surface area (Å²) < 4.78 is 11.5. The van der Waals surface area contributed by atoms with Gasteiger partial charge in [0.2, 0.25) is 5.88 Å². The molecule has 140 valence electrons. The van der Waals surface area contributed by atoms with Gasteiger partial charge in [-0.2, -0.15) is 5.10 Å². The van der Waals surface area contributed by atoms with Crippen LogP contribution in [0.4, 0.5) is 0 Å². The van der Waals surface area contributed by atoms with Crippen LogP contribution in [0.25, 0.3) is 0 Å². The molecule has 26 heavy (non-hydrogen) atoms. The number of aromatic nitrogens is 4. The van der Waals surface area contributed by atoms with Crippen molar-refractivity contribution in [2.45, 2.75) is 38.7 Å². The second-order valence-electron chi connectivity index (χ2n) is 6.51. The molecule has 0 aliphatic carbocycles. The van der Waals surface area contributed by atoms with Gasteiger partial charge in [0, 0.05) is 31.8 Å². The number of ether oxygens (including phenoxy) is 2. The normalized spacial score (nSPS) is 19.5. The first kappa shape index (κ1) is 18.3. The number of likely N-dealkylation sites (N-methyl/N-ethyl adjacent to an activating group) is 1. The number of aryl methyl sites for hydroxylation is 1. The van der Waals surface area contributed by atoms with Crippen molar-refractivity contribution < 1.29 is 14.3 Å². The average Bonchev–Trinajstić information content (AvgIpc) is 3.30. The molecule has 1 aliphatic heterocycles. The maximum atomic E-state index is 12.9. The van der Waals surface area contributed by atoms with Gasteiger partial charge >= 0.3 is 0 Å². The standard InChI is InChI=1S/C18H25N5O3/c1-4-8-26-17-14(6-5-12(2)21-17)18(24)23(3)10-15-13(7-9-25-15)16-19-11-20-22-16/h5-6,11,13,15H,4,7-10H2,1-3H3,(H,19,20,22)/t13-,15-/m1/s1. The van der Waals surface area contributed by atoms with Crippen molar-refractivity contribution in [1.82, 2.24) is 25.1 Å². The van der Waals surface area contributed by atoms with E-state index < -0.39 is 0 Å². The third-order valence-electron chi connectivity index (χ3n) is 4.47. The quantitative estimate of drug-likeness (QED) is 0.812. The number of carbonyl (C=O) groups excluding carboxylic acids is 1. The largest absolute Gasteiger partial charge is 0.477 e. The van der Waals surface area contributed by atoms with E-state index in [0.717, 1.165) is 24.4 Å². The summed E-state index contributed by atoms with van der Waals surface area (Å²) in [4.78, 5) is 23.2. The maximum Gasteiger partial charge on any atom is 0.259 e. The second kappa shape index (κ2) is 8.27. The topological polar surface area (TPSA) is 93.2 Å². The van der Waals surface area contributed by atoms with Gasteiger partial charge in [-0.05, 0) is 31.9 Å². The molecule has 3 heterocycles. The maximum absolute atomic E-state index is 12.9. The number of hydrogen-bond acceptors (Lipinski definition) is 6. The van der Waals surface area contributed by atoms with Gasteiger partial charge in [-0.25, -0.2) is 9.97 Å². The van der Waals surface area contributed by atoms with E-state index >= 15 is 0 Å². The first-order valence-electron chi connectivity index (χ1n) is 8.93. The summed E-state index contributed by atoms with van der Waals surface area (Å²) >= 11 is 0. The molecule has 1 amide bonds. The molecule has 0 saturated carbocycles. The molecule has 0 unspecified atom stereocenters. The third-order valence-corrected chi connectivity index (χ3v) is 4.47. The molecule has 1 saturated heterocycles. The lowest BCUT2D eigenvalue weighted by atomic mass is 10.0. The van der Waals surface area contributed by atoms with Crippen LogP contribution < -0.4 is 4.74 Å². The van der Waals surface area contributed by atoms with Gasteiger partial charge in [-0.3, -0.25) is 9.89 Å². The van der Waals surface area contributed by atoms with E-state index in [1.165, 1.54) is 6.33 Å². The molecular formula is C18H25N5O3. The third kappa shape index (κ3) is 4.01. The average molecular weight is 359 g/mol. The minimum Gasteiger partial charge on any atom is -0.477 e. The van der Waals surface area contributed by atoms with E-state index in [0.29, 0.717) is 31.2 Å². The number of nitrogens with one attached hydrogen (secondary N) is 1. The van der Waals surface area contributed by atoms with E-state index in [-0.39, 0.29) is 17.9 Å². The molecule has 0 spiro atoms. The minimum atomic E-state index is -0.129. The summed E-state index contributed by atoms with van der Waals surface area (Å²) in [5, 5.41) is 6.82. The van der Waals surface area contributed by atoms with Gasteiger partial charge in [-0.15, -0.1) is 0 Å². The fourth-order valence-electron chi connectivity index (χ4n) is 3.10. The van der Waals surface area contributed by atoms with Crippen LogP contribution in [0.15, 0.2) is 18.5 Å². The molecule has 8 nitrogen and oxygen atoms in total. The highest BCUT2D eigenvalue weighted by Crippen LogP contribution is 2.29. The Morgan fingerprint density at radius 3 is 3.04 bits per heavy atom. The summed E-state index contributed by atoms with van der Waals surface area (Å²) in [6.07, 6.45) is 3.09. The lowest BCUT2D eigenvalue weighted by Gasteiger charge is -2.24. The predicted molar refractivity (Wildman–Crippen MR) is 95.2 cm³/mol. The van der Waals surface area contributed by atoms with Crippen LogP contribution in [0.3, 0.4) is 0 Å². The zero-order valence-electron chi connectivity index (χ0n) is 15.4. The van der Waals surface area contributed by atoms with Crippen molar-refractivity contribution >= 4 is 5.91 Å². The summed E-state index contributed by atoms with van der Waals surface area (Å²) in [5.74, 6) is 1.18. The van der Waals surface area contributed by atoms with Gasteiger partial charge in [0.05, 0.1) is 12.7 Å². The number of amides is 1. The number of rotatable bonds is 7. The first-order chi connectivity index (χ1) is 12.6. The monoisotopic (exact) mass is 359 g/mol. The Morgan fingerprint density at radius 2 is 2.31 bits per heavy atom. The van der Waals surface area contributed by atoms with E-state index in [1.54, 1.807) is 18.0 Å². The highest BCUT2D eigenvalue weighted by molar-refractivity contribution is 5.96. The Morgan fingerprint density at radius 1 is 1.46 bits per heavy atom. The summed E-state index contributed by atoms with van der Waals surface area (Å²) in [6.45, 7) is 5.54. The van der Waals surface area contributed by atoms with Crippen molar-refractivity contribution in [2.75, 3.05) is 26.8 Å². The van der Waals surface area contributed by atoms with Crippen LogP contribution in [0.5, 0.6) is 5.88 Å². The second-order valence-corrected chi connectivity index (χ2v) is 6.51.